The average molecular weight is 387 g/mol. The lowest BCUT2D eigenvalue weighted by Crippen LogP contribution is -2.49. The van der Waals surface area contributed by atoms with Gasteiger partial charge in [-0.2, -0.15) is 0 Å². The van der Waals surface area contributed by atoms with E-state index in [0.29, 0.717) is 24.6 Å². The lowest BCUT2D eigenvalue weighted by molar-refractivity contribution is -0.385. The van der Waals surface area contributed by atoms with Crippen LogP contribution in [0.2, 0.25) is 0 Å². The molecular formula is C21H29N3O4. The van der Waals surface area contributed by atoms with E-state index < -0.39 is 10.8 Å². The van der Waals surface area contributed by atoms with Gasteiger partial charge in [-0.1, -0.05) is 26.7 Å². The second-order valence-corrected chi connectivity index (χ2v) is 8.35. The molecule has 152 valence electrons. The molecule has 1 aromatic carbocycles. The summed E-state index contributed by atoms with van der Waals surface area (Å²) in [6.45, 7) is 5.04. The number of nitrogens with one attached hydrogen (secondary N) is 1. The zero-order chi connectivity index (χ0) is 20.3. The van der Waals surface area contributed by atoms with Gasteiger partial charge in [0.25, 0.3) is 17.5 Å². The lowest BCUT2D eigenvalue weighted by atomic mass is 9.78. The Bertz CT molecular complexity index is 760. The van der Waals surface area contributed by atoms with Gasteiger partial charge < -0.3 is 10.2 Å². The third-order valence-electron chi connectivity index (χ3n) is 5.86. The highest BCUT2D eigenvalue weighted by Crippen LogP contribution is 2.36. The number of benzene rings is 1. The van der Waals surface area contributed by atoms with Crippen LogP contribution in [-0.2, 0) is 0 Å². The van der Waals surface area contributed by atoms with E-state index in [0.717, 1.165) is 32.1 Å². The molecule has 2 amide bonds. The summed E-state index contributed by atoms with van der Waals surface area (Å²) in [4.78, 5) is 38.3. The Morgan fingerprint density at radius 1 is 1.21 bits per heavy atom. The summed E-state index contributed by atoms with van der Waals surface area (Å²) < 4.78 is 0. The Morgan fingerprint density at radius 3 is 2.64 bits per heavy atom. The molecule has 0 radical (unpaired) electrons. The zero-order valence-electron chi connectivity index (χ0n) is 16.6. The molecule has 0 bridgehead atoms. The van der Waals surface area contributed by atoms with Crippen molar-refractivity contribution in [2.45, 2.75) is 58.4 Å². The lowest BCUT2D eigenvalue weighted by Gasteiger charge is -2.44. The smallest absolute Gasteiger partial charge is 0.282 e. The first kappa shape index (κ1) is 20.3. The van der Waals surface area contributed by atoms with Crippen LogP contribution >= 0.6 is 0 Å². The number of carbonyl (C=O) groups excluding carboxylic acids is 2. The Morgan fingerprint density at radius 2 is 1.93 bits per heavy atom. The van der Waals surface area contributed by atoms with E-state index in [4.69, 9.17) is 0 Å². The van der Waals surface area contributed by atoms with Gasteiger partial charge in [-0.3, -0.25) is 19.7 Å². The van der Waals surface area contributed by atoms with Gasteiger partial charge in [-0.05, 0) is 49.7 Å². The Hall–Kier alpha value is -2.44. The number of hydrogen-bond donors (Lipinski definition) is 1. The number of nitrogens with zero attached hydrogens (tertiary/aromatic N) is 2. The third kappa shape index (κ3) is 4.34. The van der Waals surface area contributed by atoms with Gasteiger partial charge in [0.2, 0.25) is 0 Å². The normalized spacial score (nSPS) is 21.9. The summed E-state index contributed by atoms with van der Waals surface area (Å²) >= 11 is 0. The second-order valence-electron chi connectivity index (χ2n) is 8.35. The van der Waals surface area contributed by atoms with Crippen LogP contribution in [0.5, 0.6) is 0 Å². The van der Waals surface area contributed by atoms with Crippen LogP contribution in [0.25, 0.3) is 0 Å². The van der Waals surface area contributed by atoms with E-state index in [2.05, 4.69) is 5.32 Å². The number of likely N-dealkylation sites (tertiary alicyclic amines) is 1. The van der Waals surface area contributed by atoms with Gasteiger partial charge in [0.1, 0.15) is 5.56 Å². The molecule has 1 aromatic rings. The van der Waals surface area contributed by atoms with Crippen molar-refractivity contribution in [1.82, 2.24) is 10.2 Å². The fourth-order valence-corrected chi connectivity index (χ4v) is 4.44. The number of carbonyl (C=O) groups is 2. The fourth-order valence-electron chi connectivity index (χ4n) is 4.44. The molecule has 0 aromatic heterocycles. The van der Waals surface area contributed by atoms with Crippen molar-refractivity contribution in [3.05, 3.63) is 39.4 Å². The number of fused-ring (bicyclic) bond motifs is 1. The van der Waals surface area contributed by atoms with Gasteiger partial charge in [0.15, 0.2) is 0 Å². The monoisotopic (exact) mass is 387 g/mol. The molecule has 3 rings (SSSR count). The summed E-state index contributed by atoms with van der Waals surface area (Å²) in [5.74, 6) is 0.146. The van der Waals surface area contributed by atoms with Gasteiger partial charge in [-0.15, -0.1) is 0 Å². The molecule has 0 spiro atoms. The van der Waals surface area contributed by atoms with Crippen molar-refractivity contribution in [3.8, 4) is 0 Å². The molecule has 7 nitrogen and oxygen atoms in total. The van der Waals surface area contributed by atoms with Crippen LogP contribution in [-0.4, -0.2) is 40.8 Å². The number of hydrogen-bond acceptors (Lipinski definition) is 4. The average Bonchev–Trinajstić information content (AvgIpc) is 2.70. The van der Waals surface area contributed by atoms with E-state index >= 15 is 0 Å². The molecule has 2 aliphatic rings. The summed E-state index contributed by atoms with van der Waals surface area (Å²) in [5.41, 5.74) is -0.0287. The van der Waals surface area contributed by atoms with E-state index in [1.54, 1.807) is 6.07 Å². The van der Waals surface area contributed by atoms with Crippen molar-refractivity contribution < 1.29 is 14.5 Å². The summed E-state index contributed by atoms with van der Waals surface area (Å²) in [6, 6.07) is 4.46. The minimum atomic E-state index is -0.583. The first-order chi connectivity index (χ1) is 13.4. The van der Waals surface area contributed by atoms with Crippen LogP contribution in [0.15, 0.2) is 18.2 Å². The molecule has 0 unspecified atom stereocenters. The quantitative estimate of drug-likeness (QED) is 0.615. The molecule has 1 saturated carbocycles. The SMILES string of the molecule is CC(C)CNC(=O)c1ccc(C(=O)N2CCC[C@@H]3CCCC[C@H]32)cc1[N+](=O)[O-]. The third-order valence-corrected chi connectivity index (χ3v) is 5.86. The van der Waals surface area contributed by atoms with Crippen molar-refractivity contribution in [2.75, 3.05) is 13.1 Å². The van der Waals surface area contributed by atoms with Crippen LogP contribution < -0.4 is 5.32 Å². The largest absolute Gasteiger partial charge is 0.352 e. The molecule has 1 aliphatic heterocycles. The highest BCUT2D eigenvalue weighted by Gasteiger charge is 2.36. The fraction of sp³-hybridized carbons (Fsp3) is 0.619. The van der Waals surface area contributed by atoms with Crippen LogP contribution in [0.4, 0.5) is 5.69 Å². The number of nitro groups is 1. The molecule has 1 N–H and O–H groups in total. The highest BCUT2D eigenvalue weighted by molar-refractivity contribution is 6.01. The molecule has 7 heteroatoms. The standard InChI is InChI=1S/C21H29N3O4/c1-14(2)13-22-20(25)17-10-9-16(12-19(17)24(27)28)21(26)23-11-5-7-15-6-3-4-8-18(15)23/h9-10,12,14-15,18H,3-8,11,13H2,1-2H3,(H,22,25)/t15-,18+/m0/s1. The Balaban J connectivity index is 1.83. The van der Waals surface area contributed by atoms with E-state index in [-0.39, 0.29) is 29.1 Å². The predicted molar refractivity (Wildman–Crippen MR) is 106 cm³/mol. The zero-order valence-corrected chi connectivity index (χ0v) is 16.6. The van der Waals surface area contributed by atoms with Crippen LogP contribution in [0.3, 0.4) is 0 Å². The first-order valence-electron chi connectivity index (χ1n) is 10.3. The number of piperidine rings is 1. The highest BCUT2D eigenvalue weighted by atomic mass is 16.6. The Labute approximate surface area is 165 Å². The van der Waals surface area contributed by atoms with E-state index in [1.165, 1.54) is 18.6 Å². The molecule has 2 atom stereocenters. The summed E-state index contributed by atoms with van der Waals surface area (Å²) in [5, 5.41) is 14.2. The predicted octanol–water partition coefficient (Wildman–Crippen LogP) is 3.78. The number of nitro benzene ring substituents is 1. The maximum Gasteiger partial charge on any atom is 0.282 e. The molecular weight excluding hydrogens is 358 g/mol. The van der Waals surface area contributed by atoms with Crippen molar-refractivity contribution in [3.63, 3.8) is 0 Å². The van der Waals surface area contributed by atoms with Crippen molar-refractivity contribution in [1.29, 1.82) is 0 Å². The van der Waals surface area contributed by atoms with Gasteiger partial charge in [0.05, 0.1) is 4.92 Å². The maximum atomic E-state index is 13.1. The molecule has 1 aliphatic carbocycles. The summed E-state index contributed by atoms with van der Waals surface area (Å²) in [6.07, 6.45) is 6.64. The topological polar surface area (TPSA) is 92.6 Å². The van der Waals surface area contributed by atoms with Crippen LogP contribution in [0.1, 0.15) is 73.1 Å². The number of rotatable bonds is 5. The second kappa shape index (κ2) is 8.71. The van der Waals surface area contributed by atoms with Crippen molar-refractivity contribution >= 4 is 17.5 Å². The van der Waals surface area contributed by atoms with E-state index in [9.17, 15) is 19.7 Å². The minimum absolute atomic E-state index is 0.00335. The summed E-state index contributed by atoms with van der Waals surface area (Å²) in [7, 11) is 0. The molecule has 28 heavy (non-hydrogen) atoms. The van der Waals surface area contributed by atoms with Gasteiger partial charge in [0, 0.05) is 30.8 Å². The molecule has 1 heterocycles. The molecule has 1 saturated heterocycles. The Kier molecular flexibility index (Phi) is 6.31. The van der Waals surface area contributed by atoms with Crippen molar-refractivity contribution in [2.24, 2.45) is 11.8 Å². The van der Waals surface area contributed by atoms with Gasteiger partial charge in [-0.25, -0.2) is 0 Å². The minimum Gasteiger partial charge on any atom is -0.352 e. The van der Waals surface area contributed by atoms with Crippen LogP contribution in [0, 0.1) is 22.0 Å². The molecule has 2 fully saturated rings. The maximum absolute atomic E-state index is 13.1. The van der Waals surface area contributed by atoms with E-state index in [1.807, 2.05) is 18.7 Å². The first-order valence-corrected chi connectivity index (χ1v) is 10.3. The van der Waals surface area contributed by atoms with Gasteiger partial charge >= 0.3 is 0 Å². The number of amides is 2.